The molecule has 1 aliphatic carbocycles. The number of hydrogen-bond acceptors (Lipinski definition) is 4. The lowest BCUT2D eigenvalue weighted by Crippen LogP contribution is -2.26. The van der Waals surface area contributed by atoms with E-state index in [0.29, 0.717) is 23.6 Å². The SMILES string of the molecule is CN(CCOc1ccc(C(N)=O)cc1N)C1CC1. The third kappa shape index (κ3) is 3.13. The van der Waals surface area contributed by atoms with E-state index in [9.17, 15) is 4.79 Å². The molecule has 4 N–H and O–H groups in total. The number of hydrogen-bond donors (Lipinski definition) is 2. The van der Waals surface area contributed by atoms with Crippen molar-refractivity contribution in [2.24, 2.45) is 5.73 Å². The molecule has 0 bridgehead atoms. The van der Waals surface area contributed by atoms with Crippen molar-refractivity contribution in [1.82, 2.24) is 4.90 Å². The Morgan fingerprint density at radius 1 is 1.50 bits per heavy atom. The number of carbonyl (C=O) groups excluding carboxylic acids is 1. The molecule has 5 heteroatoms. The van der Waals surface area contributed by atoms with Gasteiger partial charge in [-0.1, -0.05) is 0 Å². The van der Waals surface area contributed by atoms with E-state index in [2.05, 4.69) is 11.9 Å². The van der Waals surface area contributed by atoms with Crippen LogP contribution in [0.5, 0.6) is 5.75 Å². The molecule has 0 aromatic heterocycles. The highest BCUT2D eigenvalue weighted by Crippen LogP contribution is 2.25. The maximum atomic E-state index is 11.0. The molecule has 0 saturated heterocycles. The number of ether oxygens (including phenoxy) is 1. The van der Waals surface area contributed by atoms with E-state index in [-0.39, 0.29) is 0 Å². The molecule has 1 amide bonds. The van der Waals surface area contributed by atoms with Gasteiger partial charge in [0.1, 0.15) is 12.4 Å². The van der Waals surface area contributed by atoms with Crippen molar-refractivity contribution in [3.8, 4) is 5.75 Å². The lowest BCUT2D eigenvalue weighted by atomic mass is 10.2. The van der Waals surface area contributed by atoms with Crippen LogP contribution in [-0.4, -0.2) is 37.0 Å². The van der Waals surface area contributed by atoms with Crippen LogP contribution >= 0.6 is 0 Å². The Bertz CT molecular complexity index is 444. The molecule has 1 aliphatic rings. The Morgan fingerprint density at radius 2 is 2.22 bits per heavy atom. The average Bonchev–Trinajstić information content (AvgIpc) is 3.14. The van der Waals surface area contributed by atoms with Gasteiger partial charge in [-0.15, -0.1) is 0 Å². The molecule has 0 unspecified atom stereocenters. The summed E-state index contributed by atoms with van der Waals surface area (Å²) in [5.41, 5.74) is 11.8. The third-order valence-electron chi connectivity index (χ3n) is 3.17. The van der Waals surface area contributed by atoms with Crippen molar-refractivity contribution < 1.29 is 9.53 Å². The lowest BCUT2D eigenvalue weighted by Gasteiger charge is -2.16. The van der Waals surface area contributed by atoms with Gasteiger partial charge < -0.3 is 21.1 Å². The van der Waals surface area contributed by atoms with Crippen molar-refractivity contribution in [1.29, 1.82) is 0 Å². The first-order valence-corrected chi connectivity index (χ1v) is 6.10. The van der Waals surface area contributed by atoms with Crippen LogP contribution in [0.3, 0.4) is 0 Å². The van der Waals surface area contributed by atoms with Crippen LogP contribution in [0.25, 0.3) is 0 Å². The molecule has 0 radical (unpaired) electrons. The van der Waals surface area contributed by atoms with Crippen LogP contribution in [0.2, 0.25) is 0 Å². The van der Waals surface area contributed by atoms with Gasteiger partial charge in [-0.25, -0.2) is 0 Å². The van der Waals surface area contributed by atoms with Crippen molar-refractivity contribution in [3.05, 3.63) is 23.8 Å². The van der Waals surface area contributed by atoms with Crippen molar-refractivity contribution in [3.63, 3.8) is 0 Å². The Labute approximate surface area is 107 Å². The second-order valence-electron chi connectivity index (χ2n) is 4.68. The summed E-state index contributed by atoms with van der Waals surface area (Å²) in [5, 5.41) is 0. The molecule has 0 atom stereocenters. The molecule has 0 spiro atoms. The Hall–Kier alpha value is -1.75. The highest BCUT2D eigenvalue weighted by atomic mass is 16.5. The summed E-state index contributed by atoms with van der Waals surface area (Å²) in [5.74, 6) is 0.117. The van der Waals surface area contributed by atoms with Crippen LogP contribution in [0, 0.1) is 0 Å². The Balaban J connectivity index is 1.86. The summed E-state index contributed by atoms with van der Waals surface area (Å²) < 4.78 is 5.60. The minimum absolute atomic E-state index is 0.398. The number of likely N-dealkylation sites (N-methyl/N-ethyl adjacent to an activating group) is 1. The minimum Gasteiger partial charge on any atom is -0.490 e. The standard InChI is InChI=1S/C13H19N3O2/c1-16(10-3-4-10)6-7-18-12-5-2-9(13(15)17)8-11(12)14/h2,5,8,10H,3-4,6-7,14H2,1H3,(H2,15,17). The minimum atomic E-state index is -0.485. The van der Waals surface area contributed by atoms with E-state index in [1.807, 2.05) is 0 Å². The third-order valence-corrected chi connectivity index (χ3v) is 3.17. The highest BCUT2D eigenvalue weighted by Gasteiger charge is 2.25. The van der Waals surface area contributed by atoms with Crippen LogP contribution in [-0.2, 0) is 0 Å². The van der Waals surface area contributed by atoms with Gasteiger partial charge in [0.2, 0.25) is 5.91 Å². The molecule has 18 heavy (non-hydrogen) atoms. The van der Waals surface area contributed by atoms with Gasteiger partial charge >= 0.3 is 0 Å². The van der Waals surface area contributed by atoms with E-state index < -0.39 is 5.91 Å². The summed E-state index contributed by atoms with van der Waals surface area (Å²) in [4.78, 5) is 13.3. The van der Waals surface area contributed by atoms with Gasteiger partial charge in [0.15, 0.2) is 0 Å². The fourth-order valence-electron chi connectivity index (χ4n) is 1.83. The second-order valence-corrected chi connectivity index (χ2v) is 4.68. The summed E-state index contributed by atoms with van der Waals surface area (Å²) in [6, 6.07) is 5.58. The van der Waals surface area contributed by atoms with Gasteiger partial charge in [-0.05, 0) is 38.1 Å². The first kappa shape index (κ1) is 12.7. The maximum Gasteiger partial charge on any atom is 0.248 e. The zero-order chi connectivity index (χ0) is 13.1. The lowest BCUT2D eigenvalue weighted by molar-refractivity contribution is 0.100. The number of nitrogens with two attached hydrogens (primary N) is 2. The number of nitrogen functional groups attached to an aromatic ring is 1. The molecule has 2 rings (SSSR count). The van der Waals surface area contributed by atoms with E-state index >= 15 is 0 Å². The van der Waals surface area contributed by atoms with Crippen molar-refractivity contribution in [2.45, 2.75) is 18.9 Å². The van der Waals surface area contributed by atoms with Gasteiger partial charge in [0.05, 0.1) is 5.69 Å². The summed E-state index contributed by atoms with van der Waals surface area (Å²) in [6.07, 6.45) is 2.57. The first-order chi connectivity index (χ1) is 8.58. The number of carbonyl (C=O) groups is 1. The van der Waals surface area contributed by atoms with Gasteiger partial charge in [0.25, 0.3) is 0 Å². The van der Waals surface area contributed by atoms with Gasteiger partial charge in [-0.3, -0.25) is 4.79 Å². The van der Waals surface area contributed by atoms with Crippen molar-refractivity contribution >= 4 is 11.6 Å². The van der Waals surface area contributed by atoms with E-state index in [4.69, 9.17) is 16.2 Å². The fourth-order valence-corrected chi connectivity index (χ4v) is 1.83. The van der Waals surface area contributed by atoms with Crippen LogP contribution in [0.15, 0.2) is 18.2 Å². The maximum absolute atomic E-state index is 11.0. The molecule has 98 valence electrons. The van der Waals surface area contributed by atoms with Gasteiger partial charge in [0, 0.05) is 18.2 Å². The first-order valence-electron chi connectivity index (χ1n) is 6.10. The highest BCUT2D eigenvalue weighted by molar-refractivity contribution is 5.94. The van der Waals surface area contributed by atoms with Gasteiger partial charge in [-0.2, -0.15) is 0 Å². The fraction of sp³-hybridized carbons (Fsp3) is 0.462. The topological polar surface area (TPSA) is 81.6 Å². The van der Waals surface area contributed by atoms with Crippen LogP contribution in [0.1, 0.15) is 23.2 Å². The molecule has 1 aromatic rings. The molecule has 1 saturated carbocycles. The van der Waals surface area contributed by atoms with E-state index in [1.54, 1.807) is 18.2 Å². The largest absolute Gasteiger partial charge is 0.490 e. The number of benzene rings is 1. The molecule has 5 nitrogen and oxygen atoms in total. The predicted molar refractivity (Wildman–Crippen MR) is 70.5 cm³/mol. The number of primary amides is 1. The smallest absolute Gasteiger partial charge is 0.248 e. The molecular formula is C13H19N3O2. The number of rotatable bonds is 6. The average molecular weight is 249 g/mol. The molecule has 0 aliphatic heterocycles. The van der Waals surface area contributed by atoms with Crippen LogP contribution in [0.4, 0.5) is 5.69 Å². The predicted octanol–water partition coefficient (Wildman–Crippen LogP) is 0.841. The normalized spacial score (nSPS) is 14.8. The number of nitrogens with zero attached hydrogens (tertiary/aromatic N) is 1. The van der Waals surface area contributed by atoms with E-state index in [0.717, 1.165) is 12.6 Å². The number of amides is 1. The molecular weight excluding hydrogens is 230 g/mol. The Kier molecular flexibility index (Phi) is 3.72. The summed E-state index contributed by atoms with van der Waals surface area (Å²) in [6.45, 7) is 1.47. The second kappa shape index (κ2) is 5.27. The summed E-state index contributed by atoms with van der Waals surface area (Å²) >= 11 is 0. The quantitative estimate of drug-likeness (QED) is 0.732. The molecule has 0 heterocycles. The summed E-state index contributed by atoms with van der Waals surface area (Å²) in [7, 11) is 2.10. The monoisotopic (exact) mass is 249 g/mol. The zero-order valence-electron chi connectivity index (χ0n) is 10.6. The number of anilines is 1. The Morgan fingerprint density at radius 3 is 2.78 bits per heavy atom. The molecule has 1 fully saturated rings. The van der Waals surface area contributed by atoms with E-state index in [1.165, 1.54) is 12.8 Å². The van der Waals surface area contributed by atoms with Crippen LogP contribution < -0.4 is 16.2 Å². The molecule has 1 aromatic carbocycles. The zero-order valence-corrected chi connectivity index (χ0v) is 10.6. The van der Waals surface area contributed by atoms with Crippen molar-refractivity contribution in [2.75, 3.05) is 25.9 Å².